The number of piperazine rings is 1. The maximum absolute atomic E-state index is 12.1. The highest BCUT2D eigenvalue weighted by Gasteiger charge is 2.30. The van der Waals surface area contributed by atoms with Crippen LogP contribution in [-0.4, -0.2) is 67.3 Å². The highest BCUT2D eigenvalue weighted by atomic mass is 16.2. The van der Waals surface area contributed by atoms with Crippen molar-refractivity contribution in [2.24, 2.45) is 0 Å². The van der Waals surface area contributed by atoms with Crippen molar-refractivity contribution >= 4 is 30.0 Å². The second-order valence-corrected chi connectivity index (χ2v) is 7.10. The van der Waals surface area contributed by atoms with Crippen LogP contribution in [0.4, 0.5) is 5.69 Å². The van der Waals surface area contributed by atoms with Gasteiger partial charge in [-0.1, -0.05) is 18.7 Å². The number of carbonyl (C=O) groups is 3. The quantitative estimate of drug-likeness (QED) is 0.594. The van der Waals surface area contributed by atoms with Gasteiger partial charge in [-0.15, -0.1) is 0 Å². The van der Waals surface area contributed by atoms with Gasteiger partial charge in [-0.2, -0.15) is 0 Å². The average molecular weight is 370 g/mol. The number of imide groups is 1. The van der Waals surface area contributed by atoms with E-state index in [9.17, 15) is 14.4 Å². The molecular weight excluding hydrogens is 344 g/mol. The molecule has 2 aliphatic rings. The molecule has 0 saturated carbocycles. The lowest BCUT2D eigenvalue weighted by atomic mass is 10.0. The summed E-state index contributed by atoms with van der Waals surface area (Å²) in [5.74, 6) is -0.428. The Hall–Kier alpha value is -2.67. The zero-order valence-corrected chi connectivity index (χ0v) is 15.7. The summed E-state index contributed by atoms with van der Waals surface area (Å²) in [4.78, 5) is 40.4. The monoisotopic (exact) mass is 370 g/mol. The van der Waals surface area contributed by atoms with Crippen molar-refractivity contribution in [1.82, 2.24) is 15.1 Å². The first-order chi connectivity index (χ1) is 13.0. The molecule has 2 aliphatic heterocycles. The SMILES string of the molecule is C=Cc1ccc(N2CCN(C=O)CC2)cc1CN(C)C1CCC(=O)NC1=O. The van der Waals surface area contributed by atoms with Gasteiger partial charge in [0.2, 0.25) is 18.2 Å². The van der Waals surface area contributed by atoms with Crippen LogP contribution in [0.5, 0.6) is 0 Å². The number of piperidine rings is 1. The van der Waals surface area contributed by atoms with Crippen LogP contribution in [0.15, 0.2) is 24.8 Å². The van der Waals surface area contributed by atoms with E-state index in [4.69, 9.17) is 0 Å². The minimum atomic E-state index is -0.305. The molecule has 7 heteroatoms. The first kappa shape index (κ1) is 19.1. The smallest absolute Gasteiger partial charge is 0.243 e. The summed E-state index contributed by atoms with van der Waals surface area (Å²) < 4.78 is 0. The van der Waals surface area contributed by atoms with Crippen molar-refractivity contribution in [3.63, 3.8) is 0 Å². The number of hydrogen-bond acceptors (Lipinski definition) is 5. The van der Waals surface area contributed by atoms with Crippen molar-refractivity contribution in [1.29, 1.82) is 0 Å². The molecule has 1 aromatic rings. The van der Waals surface area contributed by atoms with Gasteiger partial charge in [0.1, 0.15) is 0 Å². The number of hydrogen-bond donors (Lipinski definition) is 1. The summed E-state index contributed by atoms with van der Waals surface area (Å²) in [7, 11) is 1.91. The number of benzene rings is 1. The zero-order chi connectivity index (χ0) is 19.4. The van der Waals surface area contributed by atoms with Crippen molar-refractivity contribution in [2.75, 3.05) is 38.1 Å². The number of anilines is 1. The normalized spacial score (nSPS) is 20.6. The molecule has 2 saturated heterocycles. The molecule has 27 heavy (non-hydrogen) atoms. The van der Waals surface area contributed by atoms with Crippen molar-refractivity contribution in [2.45, 2.75) is 25.4 Å². The summed E-state index contributed by atoms with van der Waals surface area (Å²) >= 11 is 0. The van der Waals surface area contributed by atoms with Crippen LogP contribution in [0.2, 0.25) is 0 Å². The Morgan fingerprint density at radius 1 is 1.26 bits per heavy atom. The van der Waals surface area contributed by atoms with Crippen molar-refractivity contribution in [3.8, 4) is 0 Å². The first-order valence-electron chi connectivity index (χ1n) is 9.25. The highest BCUT2D eigenvalue weighted by molar-refractivity contribution is 6.00. The molecule has 0 spiro atoms. The van der Waals surface area contributed by atoms with Crippen molar-refractivity contribution in [3.05, 3.63) is 35.9 Å². The molecule has 3 amide bonds. The van der Waals surface area contributed by atoms with E-state index in [-0.39, 0.29) is 17.9 Å². The van der Waals surface area contributed by atoms with E-state index >= 15 is 0 Å². The second kappa shape index (κ2) is 8.35. The molecule has 1 atom stereocenters. The number of nitrogens with zero attached hydrogens (tertiary/aromatic N) is 3. The van der Waals surface area contributed by atoms with E-state index < -0.39 is 0 Å². The lowest BCUT2D eigenvalue weighted by Crippen LogP contribution is -2.51. The Morgan fingerprint density at radius 3 is 2.63 bits per heavy atom. The van der Waals surface area contributed by atoms with Gasteiger partial charge in [-0.3, -0.25) is 24.6 Å². The summed E-state index contributed by atoms with van der Waals surface area (Å²) in [5, 5.41) is 2.42. The van der Waals surface area contributed by atoms with Crippen molar-refractivity contribution < 1.29 is 14.4 Å². The maximum atomic E-state index is 12.1. The van der Waals surface area contributed by atoms with Gasteiger partial charge in [-0.05, 0) is 36.7 Å². The van der Waals surface area contributed by atoms with Crippen LogP contribution in [0.3, 0.4) is 0 Å². The summed E-state index contributed by atoms with van der Waals surface area (Å²) in [6.07, 6.45) is 3.63. The minimum Gasteiger partial charge on any atom is -0.368 e. The highest BCUT2D eigenvalue weighted by Crippen LogP contribution is 2.24. The van der Waals surface area contributed by atoms with Crippen LogP contribution < -0.4 is 10.2 Å². The van der Waals surface area contributed by atoms with E-state index in [2.05, 4.69) is 28.9 Å². The standard InChI is InChI=1S/C20H26N4O3/c1-3-15-4-5-17(24-10-8-23(14-25)9-11-24)12-16(15)13-22(2)18-6-7-19(26)21-20(18)27/h3-5,12,14,18H,1,6-11,13H2,2H3,(H,21,26,27). The molecule has 1 N–H and O–H groups in total. The fourth-order valence-electron chi connectivity index (χ4n) is 3.69. The molecular formula is C20H26N4O3. The number of rotatable bonds is 6. The third kappa shape index (κ3) is 4.36. The third-order valence-electron chi connectivity index (χ3n) is 5.34. The van der Waals surface area contributed by atoms with E-state index in [1.54, 1.807) is 4.90 Å². The second-order valence-electron chi connectivity index (χ2n) is 7.10. The van der Waals surface area contributed by atoms with Gasteiger partial charge in [0.25, 0.3) is 0 Å². The molecule has 2 heterocycles. The largest absolute Gasteiger partial charge is 0.368 e. The van der Waals surface area contributed by atoms with Crippen LogP contribution in [0.25, 0.3) is 6.08 Å². The Bertz CT molecular complexity index is 741. The predicted molar refractivity (Wildman–Crippen MR) is 104 cm³/mol. The van der Waals surface area contributed by atoms with E-state index in [0.717, 1.165) is 49.4 Å². The fraction of sp³-hybridized carbons (Fsp3) is 0.450. The maximum Gasteiger partial charge on any atom is 0.243 e. The number of nitrogens with one attached hydrogen (secondary N) is 1. The summed E-state index contributed by atoms with van der Waals surface area (Å²) in [5.41, 5.74) is 3.23. The Kier molecular flexibility index (Phi) is 5.91. The fourth-order valence-corrected chi connectivity index (χ4v) is 3.69. The first-order valence-corrected chi connectivity index (χ1v) is 9.25. The number of carbonyl (C=O) groups excluding carboxylic acids is 3. The molecule has 144 valence electrons. The molecule has 3 rings (SSSR count). The van der Waals surface area contributed by atoms with Crippen LogP contribution >= 0.6 is 0 Å². The van der Waals surface area contributed by atoms with Gasteiger partial charge in [0.05, 0.1) is 6.04 Å². The lowest BCUT2D eigenvalue weighted by molar-refractivity contribution is -0.137. The molecule has 2 fully saturated rings. The molecule has 1 aromatic carbocycles. The zero-order valence-electron chi connectivity index (χ0n) is 15.7. The molecule has 0 aliphatic carbocycles. The van der Waals surface area contributed by atoms with Crippen LogP contribution in [0.1, 0.15) is 24.0 Å². The number of amides is 3. The molecule has 0 radical (unpaired) electrons. The predicted octanol–water partition coefficient (Wildman–Crippen LogP) is 0.845. The van der Waals surface area contributed by atoms with Gasteiger partial charge in [0, 0.05) is 44.8 Å². The van der Waals surface area contributed by atoms with Crippen LogP contribution in [0, 0.1) is 0 Å². The number of likely N-dealkylation sites (N-methyl/N-ethyl adjacent to an activating group) is 1. The minimum absolute atomic E-state index is 0.201. The van der Waals surface area contributed by atoms with E-state index in [0.29, 0.717) is 19.4 Å². The average Bonchev–Trinajstić information content (AvgIpc) is 2.68. The van der Waals surface area contributed by atoms with Gasteiger partial charge < -0.3 is 9.80 Å². The topological polar surface area (TPSA) is 73.0 Å². The lowest BCUT2D eigenvalue weighted by Gasteiger charge is -2.35. The van der Waals surface area contributed by atoms with Gasteiger partial charge >= 0.3 is 0 Å². The summed E-state index contributed by atoms with van der Waals surface area (Å²) in [6.45, 7) is 7.53. The van der Waals surface area contributed by atoms with Gasteiger partial charge in [-0.25, -0.2) is 0 Å². The van der Waals surface area contributed by atoms with E-state index in [1.165, 1.54) is 0 Å². The Morgan fingerprint density at radius 2 is 2.00 bits per heavy atom. The third-order valence-corrected chi connectivity index (χ3v) is 5.34. The Labute approximate surface area is 159 Å². The van der Waals surface area contributed by atoms with Crippen LogP contribution in [-0.2, 0) is 20.9 Å². The molecule has 0 bridgehead atoms. The molecule has 0 aromatic heterocycles. The summed E-state index contributed by atoms with van der Waals surface area (Å²) in [6, 6.07) is 5.95. The Balaban J connectivity index is 1.74. The molecule has 7 nitrogen and oxygen atoms in total. The van der Waals surface area contributed by atoms with Gasteiger partial charge in [0.15, 0.2) is 0 Å². The molecule has 1 unspecified atom stereocenters. The van der Waals surface area contributed by atoms with E-state index in [1.807, 2.05) is 24.1 Å².